The van der Waals surface area contributed by atoms with E-state index in [0.29, 0.717) is 17.7 Å². The van der Waals surface area contributed by atoms with Crippen LogP contribution in [0.5, 0.6) is 0 Å². The van der Waals surface area contributed by atoms with Gasteiger partial charge in [-0.1, -0.05) is 12.1 Å². The SMILES string of the molecule is Cc1cc2ncc(CCCNC(=O)CCN3C(=O)c4ccccc4C3=O)cn2n1. The van der Waals surface area contributed by atoms with Crippen molar-refractivity contribution in [3.8, 4) is 0 Å². The topological polar surface area (TPSA) is 96.7 Å². The van der Waals surface area contributed by atoms with E-state index in [1.807, 2.05) is 25.4 Å². The van der Waals surface area contributed by atoms with Gasteiger partial charge in [-0.15, -0.1) is 0 Å². The molecule has 1 N–H and O–H groups in total. The largest absolute Gasteiger partial charge is 0.356 e. The maximum atomic E-state index is 12.3. The Hall–Kier alpha value is -3.55. The molecule has 3 aromatic rings. The van der Waals surface area contributed by atoms with E-state index >= 15 is 0 Å². The second-order valence-corrected chi connectivity index (χ2v) is 7.06. The standard InChI is InChI=1S/C21H21N5O3/c1-14-11-18-23-12-15(13-26(18)24-14)5-4-9-22-19(27)8-10-25-20(28)16-6-2-3-7-17(16)21(25)29/h2-3,6-7,11-13H,4-5,8-10H2,1H3,(H,22,27). The summed E-state index contributed by atoms with van der Waals surface area (Å²) in [7, 11) is 0. The Balaban J connectivity index is 1.21. The number of aromatic nitrogens is 3. The van der Waals surface area contributed by atoms with Crippen LogP contribution in [0.3, 0.4) is 0 Å². The number of fused-ring (bicyclic) bond motifs is 2. The maximum Gasteiger partial charge on any atom is 0.261 e. The van der Waals surface area contributed by atoms with E-state index < -0.39 is 0 Å². The number of aryl methyl sites for hydroxylation is 2. The number of hydrogen-bond donors (Lipinski definition) is 1. The molecule has 3 amide bonds. The van der Waals surface area contributed by atoms with E-state index in [9.17, 15) is 14.4 Å². The van der Waals surface area contributed by atoms with E-state index in [2.05, 4.69) is 15.4 Å². The summed E-state index contributed by atoms with van der Waals surface area (Å²) in [5, 5.41) is 7.18. The maximum absolute atomic E-state index is 12.3. The molecular formula is C21H21N5O3. The van der Waals surface area contributed by atoms with Crippen molar-refractivity contribution in [2.24, 2.45) is 0 Å². The van der Waals surface area contributed by atoms with E-state index in [-0.39, 0.29) is 30.7 Å². The lowest BCUT2D eigenvalue weighted by Crippen LogP contribution is -2.34. The third-order valence-electron chi connectivity index (χ3n) is 4.89. The van der Waals surface area contributed by atoms with Gasteiger partial charge in [-0.3, -0.25) is 19.3 Å². The summed E-state index contributed by atoms with van der Waals surface area (Å²) in [6.07, 6.45) is 5.37. The summed E-state index contributed by atoms with van der Waals surface area (Å²) in [6.45, 7) is 2.51. The minimum atomic E-state index is -0.338. The molecule has 3 heterocycles. The van der Waals surface area contributed by atoms with Crippen molar-refractivity contribution in [1.29, 1.82) is 0 Å². The summed E-state index contributed by atoms with van der Waals surface area (Å²) < 4.78 is 1.76. The second kappa shape index (κ2) is 7.83. The molecule has 4 rings (SSSR count). The third kappa shape index (κ3) is 3.87. The van der Waals surface area contributed by atoms with Crippen molar-refractivity contribution in [2.45, 2.75) is 26.2 Å². The molecule has 8 nitrogen and oxygen atoms in total. The molecule has 29 heavy (non-hydrogen) atoms. The number of rotatable bonds is 7. The number of nitrogens with one attached hydrogen (secondary N) is 1. The van der Waals surface area contributed by atoms with Gasteiger partial charge in [0.2, 0.25) is 5.91 Å². The van der Waals surface area contributed by atoms with Crippen LogP contribution in [0.1, 0.15) is 44.8 Å². The predicted molar refractivity (Wildman–Crippen MR) is 105 cm³/mol. The number of benzene rings is 1. The van der Waals surface area contributed by atoms with Gasteiger partial charge in [0.05, 0.1) is 16.8 Å². The van der Waals surface area contributed by atoms with Crippen LogP contribution < -0.4 is 5.32 Å². The van der Waals surface area contributed by atoms with Crippen molar-refractivity contribution < 1.29 is 14.4 Å². The molecule has 0 atom stereocenters. The molecule has 0 saturated carbocycles. The average molecular weight is 391 g/mol. The lowest BCUT2D eigenvalue weighted by Gasteiger charge is -2.13. The Kier molecular flexibility index (Phi) is 5.07. The van der Waals surface area contributed by atoms with Gasteiger partial charge in [-0.05, 0) is 37.5 Å². The number of imide groups is 1. The average Bonchev–Trinajstić information content (AvgIpc) is 3.20. The molecule has 8 heteroatoms. The van der Waals surface area contributed by atoms with Crippen LogP contribution in [-0.4, -0.2) is 50.3 Å². The zero-order chi connectivity index (χ0) is 20.4. The highest BCUT2D eigenvalue weighted by molar-refractivity contribution is 6.21. The molecular weight excluding hydrogens is 370 g/mol. The van der Waals surface area contributed by atoms with Gasteiger partial charge < -0.3 is 5.32 Å². The van der Waals surface area contributed by atoms with Gasteiger partial charge in [-0.2, -0.15) is 5.10 Å². The van der Waals surface area contributed by atoms with Gasteiger partial charge in [-0.25, -0.2) is 9.50 Å². The van der Waals surface area contributed by atoms with Crippen LogP contribution in [-0.2, 0) is 11.2 Å². The second-order valence-electron chi connectivity index (χ2n) is 7.06. The Labute approximate surface area is 167 Å². The van der Waals surface area contributed by atoms with Crippen molar-refractivity contribution in [2.75, 3.05) is 13.1 Å². The van der Waals surface area contributed by atoms with E-state index in [4.69, 9.17) is 0 Å². The minimum absolute atomic E-state index is 0.0808. The molecule has 0 fully saturated rings. The molecule has 1 aliphatic heterocycles. The molecule has 0 aliphatic carbocycles. The van der Waals surface area contributed by atoms with Crippen LogP contribution >= 0.6 is 0 Å². The Morgan fingerprint density at radius 3 is 2.59 bits per heavy atom. The van der Waals surface area contributed by atoms with Crippen LogP contribution in [0.15, 0.2) is 42.7 Å². The third-order valence-corrected chi connectivity index (χ3v) is 4.89. The first-order valence-corrected chi connectivity index (χ1v) is 9.56. The normalized spacial score (nSPS) is 13.2. The van der Waals surface area contributed by atoms with Gasteiger partial charge in [0, 0.05) is 38.0 Å². The van der Waals surface area contributed by atoms with Gasteiger partial charge in [0.15, 0.2) is 5.65 Å². The molecule has 148 valence electrons. The van der Waals surface area contributed by atoms with E-state index in [0.717, 1.165) is 34.6 Å². The first-order chi connectivity index (χ1) is 14.0. The zero-order valence-corrected chi connectivity index (χ0v) is 16.1. The molecule has 0 spiro atoms. The van der Waals surface area contributed by atoms with Crippen LogP contribution in [0.25, 0.3) is 5.65 Å². The highest BCUT2D eigenvalue weighted by Gasteiger charge is 2.34. The molecule has 1 aromatic carbocycles. The number of amides is 3. The van der Waals surface area contributed by atoms with Crippen molar-refractivity contribution >= 4 is 23.4 Å². The fourth-order valence-electron chi connectivity index (χ4n) is 3.43. The van der Waals surface area contributed by atoms with E-state index in [1.165, 1.54) is 0 Å². The Bertz CT molecular complexity index is 1070. The van der Waals surface area contributed by atoms with Crippen LogP contribution in [0, 0.1) is 6.92 Å². The summed E-state index contributed by atoms with van der Waals surface area (Å²) in [5.74, 6) is -0.858. The summed E-state index contributed by atoms with van der Waals surface area (Å²) >= 11 is 0. The first kappa shape index (κ1) is 18.8. The van der Waals surface area contributed by atoms with Crippen LogP contribution in [0.2, 0.25) is 0 Å². The highest BCUT2D eigenvalue weighted by Crippen LogP contribution is 2.22. The summed E-state index contributed by atoms with van der Waals surface area (Å²) in [5.41, 5.74) is 3.57. The van der Waals surface area contributed by atoms with Gasteiger partial charge >= 0.3 is 0 Å². The van der Waals surface area contributed by atoms with Crippen molar-refractivity contribution in [1.82, 2.24) is 24.8 Å². The molecule has 0 radical (unpaired) electrons. The van der Waals surface area contributed by atoms with Gasteiger partial charge in [0.1, 0.15) is 0 Å². The Morgan fingerprint density at radius 1 is 1.14 bits per heavy atom. The number of nitrogens with zero attached hydrogens (tertiary/aromatic N) is 4. The quantitative estimate of drug-likeness (QED) is 0.489. The molecule has 0 bridgehead atoms. The summed E-state index contributed by atoms with van der Waals surface area (Å²) in [6, 6.07) is 8.62. The lowest BCUT2D eigenvalue weighted by atomic mass is 10.1. The molecule has 2 aromatic heterocycles. The molecule has 0 saturated heterocycles. The number of hydrogen-bond acceptors (Lipinski definition) is 5. The van der Waals surface area contributed by atoms with Crippen LogP contribution in [0.4, 0.5) is 0 Å². The fourth-order valence-corrected chi connectivity index (χ4v) is 3.43. The monoisotopic (exact) mass is 391 g/mol. The molecule has 1 aliphatic rings. The fraction of sp³-hybridized carbons (Fsp3) is 0.286. The highest BCUT2D eigenvalue weighted by atomic mass is 16.2. The smallest absolute Gasteiger partial charge is 0.261 e. The predicted octanol–water partition coefficient (Wildman–Crippen LogP) is 1.77. The zero-order valence-electron chi connectivity index (χ0n) is 16.1. The first-order valence-electron chi connectivity index (χ1n) is 9.56. The van der Waals surface area contributed by atoms with Crippen molar-refractivity contribution in [3.63, 3.8) is 0 Å². The van der Waals surface area contributed by atoms with Crippen molar-refractivity contribution in [3.05, 3.63) is 65.1 Å². The Morgan fingerprint density at radius 2 is 1.86 bits per heavy atom. The summed E-state index contributed by atoms with van der Waals surface area (Å²) in [4.78, 5) is 42.2. The van der Waals surface area contributed by atoms with Gasteiger partial charge in [0.25, 0.3) is 11.8 Å². The number of carbonyl (C=O) groups is 3. The minimum Gasteiger partial charge on any atom is -0.356 e. The lowest BCUT2D eigenvalue weighted by molar-refractivity contribution is -0.121. The molecule has 0 unspecified atom stereocenters. The van der Waals surface area contributed by atoms with E-state index in [1.54, 1.807) is 28.8 Å². The number of carbonyl (C=O) groups excluding carboxylic acids is 3.